The van der Waals surface area contributed by atoms with Gasteiger partial charge in [0.2, 0.25) is 5.75 Å². The normalized spacial score (nSPS) is 10.8. The van der Waals surface area contributed by atoms with Crippen LogP contribution in [0.3, 0.4) is 0 Å². The highest BCUT2D eigenvalue weighted by Crippen LogP contribution is 2.43. The van der Waals surface area contributed by atoms with E-state index < -0.39 is 0 Å². The Morgan fingerprint density at radius 2 is 1.70 bits per heavy atom. The van der Waals surface area contributed by atoms with Crippen molar-refractivity contribution in [2.75, 3.05) is 21.3 Å². The number of unbranched alkanes of at least 4 members (excludes halogenated alkanes) is 2. The molecule has 0 atom stereocenters. The summed E-state index contributed by atoms with van der Waals surface area (Å²) in [5.41, 5.74) is 2.24. The van der Waals surface area contributed by atoms with E-state index in [1.54, 1.807) is 21.3 Å². The van der Waals surface area contributed by atoms with Gasteiger partial charge in [-0.1, -0.05) is 19.8 Å². The van der Waals surface area contributed by atoms with E-state index >= 15 is 0 Å². The fraction of sp³-hybridized carbons (Fsp3) is 0.500. The molecule has 0 radical (unpaired) electrons. The molecular formula is C16H23NO3. The highest BCUT2D eigenvalue weighted by atomic mass is 16.5. The molecule has 110 valence electrons. The third-order valence-electron chi connectivity index (χ3n) is 3.53. The number of H-pyrrole nitrogens is 1. The van der Waals surface area contributed by atoms with Gasteiger partial charge >= 0.3 is 0 Å². The first-order chi connectivity index (χ1) is 9.74. The molecule has 1 N–H and O–H groups in total. The summed E-state index contributed by atoms with van der Waals surface area (Å²) in [6, 6.07) is 4.10. The standard InChI is InChI=1S/C16H23NO3/c1-5-6-7-8-11-9-12-13(17-11)10-14(18-2)16(20-4)15(12)19-3/h9-10,17H,5-8H2,1-4H3. The Bertz CT molecular complexity index is 575. The lowest BCUT2D eigenvalue weighted by molar-refractivity contribution is 0.327. The maximum absolute atomic E-state index is 5.51. The number of aryl methyl sites for hydroxylation is 1. The predicted octanol–water partition coefficient (Wildman–Crippen LogP) is 3.93. The average Bonchev–Trinajstić information content (AvgIpc) is 2.87. The molecule has 0 fully saturated rings. The summed E-state index contributed by atoms with van der Waals surface area (Å²) in [4.78, 5) is 3.44. The maximum atomic E-state index is 5.51. The molecule has 1 aromatic carbocycles. The number of hydrogen-bond donors (Lipinski definition) is 1. The zero-order valence-corrected chi connectivity index (χ0v) is 12.7. The van der Waals surface area contributed by atoms with Gasteiger partial charge in [-0.05, 0) is 18.9 Å². The highest BCUT2D eigenvalue weighted by Gasteiger charge is 2.17. The summed E-state index contributed by atoms with van der Waals surface area (Å²) in [5.74, 6) is 2.04. The average molecular weight is 277 g/mol. The van der Waals surface area contributed by atoms with Crippen LogP contribution in [-0.2, 0) is 6.42 Å². The Morgan fingerprint density at radius 3 is 2.30 bits per heavy atom. The minimum atomic E-state index is 0.640. The number of aromatic nitrogens is 1. The van der Waals surface area contributed by atoms with E-state index in [0.717, 1.165) is 23.1 Å². The second-order valence-electron chi connectivity index (χ2n) is 4.86. The molecule has 0 saturated carbocycles. The van der Waals surface area contributed by atoms with Crippen LogP contribution in [0.1, 0.15) is 31.9 Å². The number of nitrogens with one attached hydrogen (secondary N) is 1. The fourth-order valence-corrected chi connectivity index (χ4v) is 2.51. The number of fused-ring (bicyclic) bond motifs is 1. The van der Waals surface area contributed by atoms with Crippen LogP contribution in [0.25, 0.3) is 10.9 Å². The lowest BCUT2D eigenvalue weighted by Gasteiger charge is -2.12. The summed E-state index contributed by atoms with van der Waals surface area (Å²) < 4.78 is 16.3. The maximum Gasteiger partial charge on any atom is 0.204 e. The quantitative estimate of drug-likeness (QED) is 0.780. The summed E-state index contributed by atoms with van der Waals surface area (Å²) in [5, 5.41) is 1.04. The van der Waals surface area contributed by atoms with E-state index in [0.29, 0.717) is 11.5 Å². The van der Waals surface area contributed by atoms with E-state index in [-0.39, 0.29) is 0 Å². The van der Waals surface area contributed by atoms with Gasteiger partial charge in [-0.25, -0.2) is 0 Å². The molecule has 0 aliphatic carbocycles. The SMILES string of the molecule is CCCCCc1cc2c(OC)c(OC)c(OC)cc2[nH]1. The number of benzene rings is 1. The molecule has 20 heavy (non-hydrogen) atoms. The molecule has 2 aromatic rings. The van der Waals surface area contributed by atoms with Crippen LogP contribution in [0.15, 0.2) is 12.1 Å². The lowest BCUT2D eigenvalue weighted by atomic mass is 10.1. The monoisotopic (exact) mass is 277 g/mol. The van der Waals surface area contributed by atoms with Gasteiger partial charge in [0.15, 0.2) is 11.5 Å². The Morgan fingerprint density at radius 1 is 0.950 bits per heavy atom. The van der Waals surface area contributed by atoms with Crippen LogP contribution < -0.4 is 14.2 Å². The number of hydrogen-bond acceptors (Lipinski definition) is 3. The molecule has 0 aliphatic rings. The van der Waals surface area contributed by atoms with Crippen molar-refractivity contribution in [2.45, 2.75) is 32.6 Å². The van der Waals surface area contributed by atoms with Gasteiger partial charge in [0.05, 0.1) is 26.8 Å². The number of methoxy groups -OCH3 is 3. The highest BCUT2D eigenvalue weighted by molar-refractivity contribution is 5.91. The van der Waals surface area contributed by atoms with Crippen molar-refractivity contribution in [3.8, 4) is 17.2 Å². The molecule has 4 heteroatoms. The molecule has 0 spiro atoms. The number of aromatic amines is 1. The molecular weight excluding hydrogens is 254 g/mol. The zero-order chi connectivity index (χ0) is 14.5. The number of ether oxygens (including phenoxy) is 3. The summed E-state index contributed by atoms with van der Waals surface area (Å²) >= 11 is 0. The van der Waals surface area contributed by atoms with Crippen molar-refractivity contribution < 1.29 is 14.2 Å². The molecule has 0 unspecified atom stereocenters. The van der Waals surface area contributed by atoms with E-state index in [1.165, 1.54) is 25.0 Å². The molecule has 0 amide bonds. The van der Waals surface area contributed by atoms with Gasteiger partial charge in [0.1, 0.15) is 0 Å². The van der Waals surface area contributed by atoms with Crippen molar-refractivity contribution in [1.82, 2.24) is 4.98 Å². The van der Waals surface area contributed by atoms with Gasteiger partial charge < -0.3 is 19.2 Å². The topological polar surface area (TPSA) is 43.5 Å². The third kappa shape index (κ3) is 2.69. The molecule has 0 aliphatic heterocycles. The predicted molar refractivity (Wildman–Crippen MR) is 81.2 cm³/mol. The van der Waals surface area contributed by atoms with Crippen molar-refractivity contribution in [3.05, 3.63) is 17.8 Å². The van der Waals surface area contributed by atoms with E-state index in [2.05, 4.69) is 18.0 Å². The first kappa shape index (κ1) is 14.6. The van der Waals surface area contributed by atoms with Crippen molar-refractivity contribution in [1.29, 1.82) is 0 Å². The van der Waals surface area contributed by atoms with Crippen LogP contribution in [0.4, 0.5) is 0 Å². The molecule has 2 rings (SSSR count). The summed E-state index contributed by atoms with van der Waals surface area (Å²) in [6.07, 6.45) is 4.72. The lowest BCUT2D eigenvalue weighted by Crippen LogP contribution is -1.95. The summed E-state index contributed by atoms with van der Waals surface area (Å²) in [6.45, 7) is 2.21. The smallest absolute Gasteiger partial charge is 0.204 e. The van der Waals surface area contributed by atoms with Gasteiger partial charge in [-0.2, -0.15) is 0 Å². The second kappa shape index (κ2) is 6.55. The Kier molecular flexibility index (Phi) is 4.77. The second-order valence-corrected chi connectivity index (χ2v) is 4.86. The van der Waals surface area contributed by atoms with Gasteiger partial charge in [-0.15, -0.1) is 0 Å². The first-order valence-electron chi connectivity index (χ1n) is 7.05. The van der Waals surface area contributed by atoms with Gasteiger partial charge in [0.25, 0.3) is 0 Å². The molecule has 1 heterocycles. The largest absolute Gasteiger partial charge is 0.493 e. The minimum absolute atomic E-state index is 0.640. The summed E-state index contributed by atoms with van der Waals surface area (Å²) in [7, 11) is 4.91. The Labute approximate surface area is 120 Å². The van der Waals surface area contributed by atoms with Crippen LogP contribution in [-0.4, -0.2) is 26.3 Å². The number of rotatable bonds is 7. The fourth-order valence-electron chi connectivity index (χ4n) is 2.51. The van der Waals surface area contributed by atoms with Crippen molar-refractivity contribution in [3.63, 3.8) is 0 Å². The van der Waals surface area contributed by atoms with Crippen molar-refractivity contribution in [2.24, 2.45) is 0 Å². The Hall–Kier alpha value is -1.84. The van der Waals surface area contributed by atoms with Gasteiger partial charge in [-0.3, -0.25) is 0 Å². The van der Waals surface area contributed by atoms with E-state index in [1.807, 2.05) is 6.07 Å². The van der Waals surface area contributed by atoms with E-state index in [9.17, 15) is 0 Å². The molecule has 4 nitrogen and oxygen atoms in total. The van der Waals surface area contributed by atoms with Crippen LogP contribution in [0.5, 0.6) is 17.2 Å². The molecule has 0 saturated heterocycles. The van der Waals surface area contributed by atoms with Crippen LogP contribution >= 0.6 is 0 Å². The Balaban J connectivity index is 2.44. The first-order valence-corrected chi connectivity index (χ1v) is 7.05. The zero-order valence-electron chi connectivity index (χ0n) is 12.7. The third-order valence-corrected chi connectivity index (χ3v) is 3.53. The van der Waals surface area contributed by atoms with Crippen molar-refractivity contribution >= 4 is 10.9 Å². The van der Waals surface area contributed by atoms with Gasteiger partial charge in [0, 0.05) is 17.1 Å². The van der Waals surface area contributed by atoms with Crippen LogP contribution in [0.2, 0.25) is 0 Å². The molecule has 1 aromatic heterocycles. The van der Waals surface area contributed by atoms with Crippen LogP contribution in [0, 0.1) is 0 Å². The minimum Gasteiger partial charge on any atom is -0.493 e. The molecule has 0 bridgehead atoms. The van der Waals surface area contributed by atoms with E-state index in [4.69, 9.17) is 14.2 Å².